The second-order valence-corrected chi connectivity index (χ2v) is 6.83. The lowest BCUT2D eigenvalue weighted by molar-refractivity contribution is -0.117. The third-order valence-electron chi connectivity index (χ3n) is 5.09. The maximum atomic E-state index is 12.9. The van der Waals surface area contributed by atoms with E-state index in [1.54, 1.807) is 16.7 Å². The number of rotatable bonds is 4. The summed E-state index contributed by atoms with van der Waals surface area (Å²) in [4.78, 5) is 14.7. The van der Waals surface area contributed by atoms with Crippen LogP contribution in [0.2, 0.25) is 0 Å². The van der Waals surface area contributed by atoms with Crippen molar-refractivity contribution in [3.05, 3.63) is 35.5 Å². The first-order valence-electron chi connectivity index (χ1n) is 8.95. The number of carbonyl (C=O) groups excluding carboxylic acids is 1. The third kappa shape index (κ3) is 2.82. The number of benzene rings is 1. The van der Waals surface area contributed by atoms with E-state index in [9.17, 15) is 4.79 Å². The molecule has 0 bridgehead atoms. The van der Waals surface area contributed by atoms with Crippen LogP contribution < -0.4 is 15.0 Å². The number of aryl methyl sites for hydroxylation is 2. The normalized spacial score (nSPS) is 22.3. The summed E-state index contributed by atoms with van der Waals surface area (Å²) in [5, 5.41) is 7.73. The Kier molecular flexibility index (Phi) is 4.32. The number of nitrogens with one attached hydrogen (secondary N) is 1. The summed E-state index contributed by atoms with van der Waals surface area (Å²) in [7, 11) is 3.58. The molecule has 2 aliphatic heterocycles. The predicted molar refractivity (Wildman–Crippen MR) is 98.6 cm³/mol. The summed E-state index contributed by atoms with van der Waals surface area (Å²) in [6, 6.07) is 7.62. The highest BCUT2D eigenvalue weighted by Crippen LogP contribution is 2.40. The molecule has 1 fully saturated rings. The van der Waals surface area contributed by atoms with Crippen molar-refractivity contribution in [2.45, 2.75) is 31.9 Å². The van der Waals surface area contributed by atoms with Crippen LogP contribution in [0.3, 0.4) is 0 Å². The van der Waals surface area contributed by atoms with Crippen LogP contribution in [0.15, 0.2) is 24.3 Å². The SMILES string of the molecule is COC1CCOc2c(NC3CCN(c4cc(C)nn4C)C3=O)cccc21. The minimum Gasteiger partial charge on any atom is -0.491 e. The van der Waals surface area contributed by atoms with Crippen LogP contribution >= 0.6 is 0 Å². The number of amides is 1. The fourth-order valence-electron chi connectivity index (χ4n) is 3.83. The zero-order valence-electron chi connectivity index (χ0n) is 15.4. The molecule has 7 heteroatoms. The van der Waals surface area contributed by atoms with Gasteiger partial charge in [-0.1, -0.05) is 12.1 Å². The molecule has 1 N–H and O–H groups in total. The number of nitrogens with zero attached hydrogens (tertiary/aromatic N) is 3. The first-order chi connectivity index (χ1) is 12.6. The number of hydrogen-bond acceptors (Lipinski definition) is 5. The molecule has 0 spiro atoms. The molecule has 2 aliphatic rings. The van der Waals surface area contributed by atoms with Gasteiger partial charge in [0, 0.05) is 38.8 Å². The molecule has 0 radical (unpaired) electrons. The molecule has 138 valence electrons. The smallest absolute Gasteiger partial charge is 0.250 e. The van der Waals surface area contributed by atoms with Crippen molar-refractivity contribution in [1.29, 1.82) is 0 Å². The number of hydrogen-bond donors (Lipinski definition) is 1. The van der Waals surface area contributed by atoms with Gasteiger partial charge < -0.3 is 14.8 Å². The second-order valence-electron chi connectivity index (χ2n) is 6.83. The van der Waals surface area contributed by atoms with E-state index in [0.29, 0.717) is 13.2 Å². The number of carbonyl (C=O) groups is 1. The second kappa shape index (κ2) is 6.64. The Morgan fingerprint density at radius 2 is 2.19 bits per heavy atom. The summed E-state index contributed by atoms with van der Waals surface area (Å²) in [6.45, 7) is 3.22. The summed E-state index contributed by atoms with van der Waals surface area (Å²) >= 11 is 0. The van der Waals surface area contributed by atoms with E-state index < -0.39 is 0 Å². The van der Waals surface area contributed by atoms with Gasteiger partial charge in [-0.3, -0.25) is 14.4 Å². The van der Waals surface area contributed by atoms with Crippen LogP contribution in [0.5, 0.6) is 5.75 Å². The van der Waals surface area contributed by atoms with Crippen molar-refractivity contribution < 1.29 is 14.3 Å². The van der Waals surface area contributed by atoms with Crippen molar-refractivity contribution in [3.8, 4) is 5.75 Å². The lowest BCUT2D eigenvalue weighted by Crippen LogP contribution is -2.34. The van der Waals surface area contributed by atoms with Gasteiger partial charge in [-0.2, -0.15) is 5.10 Å². The van der Waals surface area contributed by atoms with E-state index >= 15 is 0 Å². The maximum absolute atomic E-state index is 12.9. The van der Waals surface area contributed by atoms with Gasteiger partial charge in [-0.25, -0.2) is 0 Å². The number of methoxy groups -OCH3 is 1. The highest BCUT2D eigenvalue weighted by molar-refractivity contribution is 6.00. The Balaban J connectivity index is 1.56. The van der Waals surface area contributed by atoms with Gasteiger partial charge in [0.05, 0.1) is 24.1 Å². The first kappa shape index (κ1) is 16.9. The van der Waals surface area contributed by atoms with Crippen LogP contribution in [-0.2, 0) is 16.6 Å². The first-order valence-corrected chi connectivity index (χ1v) is 8.95. The Bertz CT molecular complexity index is 832. The van der Waals surface area contributed by atoms with Crippen LogP contribution in [0.1, 0.15) is 30.2 Å². The van der Waals surface area contributed by atoms with Gasteiger partial charge in [0.1, 0.15) is 17.6 Å². The quantitative estimate of drug-likeness (QED) is 0.911. The summed E-state index contributed by atoms with van der Waals surface area (Å²) < 4.78 is 13.2. The number of aromatic nitrogens is 2. The molecule has 4 rings (SSSR count). The maximum Gasteiger partial charge on any atom is 0.250 e. The zero-order chi connectivity index (χ0) is 18.3. The molecule has 3 heterocycles. The molecule has 1 aromatic heterocycles. The molecule has 1 saturated heterocycles. The molecular formula is C19H24N4O3. The number of para-hydroxylation sites is 1. The monoisotopic (exact) mass is 356 g/mol. The molecule has 2 aromatic rings. The van der Waals surface area contributed by atoms with E-state index in [0.717, 1.165) is 41.4 Å². The molecule has 1 amide bonds. The minimum atomic E-state index is -0.275. The Labute approximate surface area is 152 Å². The lowest BCUT2D eigenvalue weighted by Gasteiger charge is -2.27. The van der Waals surface area contributed by atoms with Crippen molar-refractivity contribution in [2.24, 2.45) is 7.05 Å². The van der Waals surface area contributed by atoms with Gasteiger partial charge >= 0.3 is 0 Å². The standard InChI is InChI=1S/C19H24N4O3/c1-12-11-17(22(2)21-12)23-9-7-15(19(23)24)20-14-6-4-5-13-16(25-3)8-10-26-18(13)14/h4-6,11,15-16,20H,7-10H2,1-3H3. The lowest BCUT2D eigenvalue weighted by atomic mass is 10.0. The van der Waals surface area contributed by atoms with E-state index in [-0.39, 0.29) is 18.1 Å². The van der Waals surface area contributed by atoms with Crippen LogP contribution in [0, 0.1) is 6.92 Å². The average Bonchev–Trinajstić information content (AvgIpc) is 3.16. The Morgan fingerprint density at radius 3 is 2.92 bits per heavy atom. The van der Waals surface area contributed by atoms with Gasteiger partial charge in [0.2, 0.25) is 0 Å². The predicted octanol–water partition coefficient (Wildman–Crippen LogP) is 2.42. The fraction of sp³-hybridized carbons (Fsp3) is 0.474. The molecule has 26 heavy (non-hydrogen) atoms. The van der Waals surface area contributed by atoms with E-state index in [1.165, 1.54) is 0 Å². The van der Waals surface area contributed by atoms with Gasteiger partial charge in [-0.15, -0.1) is 0 Å². The highest BCUT2D eigenvalue weighted by atomic mass is 16.5. The molecule has 0 aliphatic carbocycles. The average molecular weight is 356 g/mol. The van der Waals surface area contributed by atoms with Crippen molar-refractivity contribution in [3.63, 3.8) is 0 Å². The molecule has 2 atom stereocenters. The van der Waals surface area contributed by atoms with Crippen molar-refractivity contribution >= 4 is 17.4 Å². The van der Waals surface area contributed by atoms with Gasteiger partial charge in [-0.05, 0) is 19.4 Å². The highest BCUT2D eigenvalue weighted by Gasteiger charge is 2.35. The largest absolute Gasteiger partial charge is 0.491 e. The zero-order valence-corrected chi connectivity index (χ0v) is 15.4. The van der Waals surface area contributed by atoms with Gasteiger partial charge in [0.15, 0.2) is 0 Å². The number of ether oxygens (including phenoxy) is 2. The summed E-state index contributed by atoms with van der Waals surface area (Å²) in [5.74, 6) is 1.69. The van der Waals surface area contributed by atoms with Crippen LogP contribution in [0.25, 0.3) is 0 Å². The van der Waals surface area contributed by atoms with E-state index in [2.05, 4.69) is 10.4 Å². The number of anilines is 2. The van der Waals surface area contributed by atoms with Crippen LogP contribution in [-0.4, -0.2) is 42.0 Å². The van der Waals surface area contributed by atoms with E-state index in [1.807, 2.05) is 38.2 Å². The Hall–Kier alpha value is -2.54. The Morgan fingerprint density at radius 1 is 1.35 bits per heavy atom. The topological polar surface area (TPSA) is 68.6 Å². The fourth-order valence-corrected chi connectivity index (χ4v) is 3.83. The van der Waals surface area contributed by atoms with Crippen molar-refractivity contribution in [2.75, 3.05) is 30.5 Å². The molecular weight excluding hydrogens is 332 g/mol. The molecule has 7 nitrogen and oxygen atoms in total. The third-order valence-corrected chi connectivity index (χ3v) is 5.09. The summed E-state index contributed by atoms with van der Waals surface area (Å²) in [6.07, 6.45) is 1.61. The van der Waals surface area contributed by atoms with Crippen LogP contribution in [0.4, 0.5) is 11.5 Å². The minimum absolute atomic E-state index is 0.0358. The van der Waals surface area contributed by atoms with Crippen molar-refractivity contribution in [1.82, 2.24) is 9.78 Å². The molecule has 2 unspecified atom stereocenters. The molecule has 0 saturated carbocycles. The number of fused-ring (bicyclic) bond motifs is 1. The molecule has 1 aromatic carbocycles. The summed E-state index contributed by atoms with van der Waals surface area (Å²) in [5.41, 5.74) is 2.79. The van der Waals surface area contributed by atoms with Gasteiger partial charge in [0.25, 0.3) is 5.91 Å². The van der Waals surface area contributed by atoms with E-state index in [4.69, 9.17) is 9.47 Å².